The van der Waals surface area contributed by atoms with Gasteiger partial charge < -0.3 is 10.6 Å². The maximum atomic E-state index is 6.33. The second-order valence-electron chi connectivity index (χ2n) is 7.05. The van der Waals surface area contributed by atoms with E-state index in [2.05, 4.69) is 39.0 Å². The van der Waals surface area contributed by atoms with Crippen molar-refractivity contribution < 1.29 is 0 Å². The SMILES string of the molecule is CSCCN(C)CC1CC(C(C)(C)C)CCC1N. The number of rotatable bonds is 5. The molecule has 3 atom stereocenters. The molecule has 0 bridgehead atoms. The smallest absolute Gasteiger partial charge is 0.00795 e. The molecule has 3 heteroatoms. The molecule has 108 valence electrons. The molecule has 0 aromatic rings. The predicted octanol–water partition coefficient (Wildman–Crippen LogP) is 3.07. The number of thioether (sulfide) groups is 1. The first kappa shape index (κ1) is 16.3. The lowest BCUT2D eigenvalue weighted by Crippen LogP contribution is -2.44. The minimum absolute atomic E-state index is 0.417. The van der Waals surface area contributed by atoms with Gasteiger partial charge in [0.1, 0.15) is 0 Å². The number of nitrogens with two attached hydrogens (primary N) is 1. The van der Waals surface area contributed by atoms with E-state index < -0.39 is 0 Å². The molecule has 0 heterocycles. The third-order valence-electron chi connectivity index (χ3n) is 4.49. The van der Waals surface area contributed by atoms with E-state index in [1.807, 2.05) is 11.8 Å². The molecule has 3 unspecified atom stereocenters. The molecule has 18 heavy (non-hydrogen) atoms. The molecule has 0 aliphatic heterocycles. The van der Waals surface area contributed by atoms with Crippen molar-refractivity contribution in [2.24, 2.45) is 23.0 Å². The van der Waals surface area contributed by atoms with Crippen LogP contribution in [-0.4, -0.2) is 43.1 Å². The minimum atomic E-state index is 0.417. The second kappa shape index (κ2) is 7.16. The lowest BCUT2D eigenvalue weighted by Gasteiger charge is -2.41. The van der Waals surface area contributed by atoms with E-state index in [4.69, 9.17) is 5.73 Å². The highest BCUT2D eigenvalue weighted by Gasteiger charge is 2.34. The summed E-state index contributed by atoms with van der Waals surface area (Å²) in [4.78, 5) is 2.46. The second-order valence-corrected chi connectivity index (χ2v) is 8.04. The summed E-state index contributed by atoms with van der Waals surface area (Å²) in [6, 6.07) is 0.417. The maximum Gasteiger partial charge on any atom is 0.00795 e. The molecule has 1 aliphatic carbocycles. The summed E-state index contributed by atoms with van der Waals surface area (Å²) in [7, 11) is 2.24. The Labute approximate surface area is 118 Å². The molecular formula is C15H32N2S. The van der Waals surface area contributed by atoms with Crippen LogP contribution in [0.15, 0.2) is 0 Å². The van der Waals surface area contributed by atoms with Crippen LogP contribution < -0.4 is 5.73 Å². The van der Waals surface area contributed by atoms with Crippen LogP contribution in [0, 0.1) is 17.3 Å². The summed E-state index contributed by atoms with van der Waals surface area (Å²) in [5, 5.41) is 0. The van der Waals surface area contributed by atoms with E-state index in [1.54, 1.807) is 0 Å². The molecule has 2 nitrogen and oxygen atoms in total. The van der Waals surface area contributed by atoms with Gasteiger partial charge in [0, 0.05) is 24.9 Å². The highest BCUT2D eigenvalue weighted by molar-refractivity contribution is 7.98. The molecule has 1 saturated carbocycles. The van der Waals surface area contributed by atoms with Crippen LogP contribution in [-0.2, 0) is 0 Å². The van der Waals surface area contributed by atoms with Gasteiger partial charge in [-0.1, -0.05) is 20.8 Å². The Morgan fingerprint density at radius 2 is 1.94 bits per heavy atom. The molecule has 0 aromatic heterocycles. The van der Waals surface area contributed by atoms with Crippen molar-refractivity contribution in [1.29, 1.82) is 0 Å². The van der Waals surface area contributed by atoms with Crippen LogP contribution in [0.5, 0.6) is 0 Å². The van der Waals surface area contributed by atoms with Crippen LogP contribution in [0.3, 0.4) is 0 Å². The summed E-state index contributed by atoms with van der Waals surface area (Å²) >= 11 is 1.92. The van der Waals surface area contributed by atoms with Gasteiger partial charge in [-0.05, 0) is 49.8 Å². The van der Waals surface area contributed by atoms with Crippen molar-refractivity contribution in [1.82, 2.24) is 4.90 Å². The van der Waals surface area contributed by atoms with Gasteiger partial charge in [0.2, 0.25) is 0 Å². The summed E-state index contributed by atoms with van der Waals surface area (Å²) in [6.45, 7) is 9.49. The van der Waals surface area contributed by atoms with Crippen molar-refractivity contribution in [2.75, 3.05) is 32.1 Å². The van der Waals surface area contributed by atoms with E-state index in [0.717, 1.165) is 5.92 Å². The zero-order chi connectivity index (χ0) is 13.8. The molecule has 2 N–H and O–H groups in total. The molecule has 0 aromatic carbocycles. The predicted molar refractivity (Wildman–Crippen MR) is 84.1 cm³/mol. The average Bonchev–Trinajstić information content (AvgIpc) is 2.28. The molecule has 1 rings (SSSR count). The standard InChI is InChI=1S/C15H32N2S/c1-15(2,3)13-6-7-14(16)12(10-13)11-17(4)8-9-18-5/h12-14H,6-11,16H2,1-5H3. The molecule has 0 saturated heterocycles. The normalized spacial score (nSPS) is 29.8. The molecule has 0 radical (unpaired) electrons. The van der Waals surface area contributed by atoms with E-state index in [1.165, 1.54) is 38.1 Å². The molecule has 0 spiro atoms. The van der Waals surface area contributed by atoms with Gasteiger partial charge in [0.15, 0.2) is 0 Å². The highest BCUT2D eigenvalue weighted by atomic mass is 32.2. The van der Waals surface area contributed by atoms with Gasteiger partial charge in [-0.15, -0.1) is 0 Å². The Morgan fingerprint density at radius 1 is 1.28 bits per heavy atom. The summed E-state index contributed by atoms with van der Waals surface area (Å²) in [5.41, 5.74) is 6.77. The van der Waals surface area contributed by atoms with Crippen LogP contribution >= 0.6 is 11.8 Å². The van der Waals surface area contributed by atoms with Crippen molar-refractivity contribution >= 4 is 11.8 Å². The Morgan fingerprint density at radius 3 is 2.50 bits per heavy atom. The topological polar surface area (TPSA) is 29.3 Å². The molecule has 0 amide bonds. The van der Waals surface area contributed by atoms with Gasteiger partial charge in [-0.2, -0.15) is 11.8 Å². The third kappa shape index (κ3) is 5.10. The Bertz CT molecular complexity index is 237. The quantitative estimate of drug-likeness (QED) is 0.834. The number of nitrogens with zero attached hydrogens (tertiary/aromatic N) is 1. The Balaban J connectivity index is 2.47. The van der Waals surface area contributed by atoms with Crippen molar-refractivity contribution in [3.8, 4) is 0 Å². The average molecular weight is 273 g/mol. The van der Waals surface area contributed by atoms with E-state index in [0.29, 0.717) is 17.4 Å². The Hall–Kier alpha value is 0.270. The lowest BCUT2D eigenvalue weighted by molar-refractivity contribution is 0.107. The first-order chi connectivity index (χ1) is 8.34. The first-order valence-electron chi connectivity index (χ1n) is 7.27. The van der Waals surface area contributed by atoms with Gasteiger partial charge in [0.05, 0.1) is 0 Å². The third-order valence-corrected chi connectivity index (χ3v) is 5.08. The van der Waals surface area contributed by atoms with Crippen LogP contribution in [0.1, 0.15) is 40.0 Å². The zero-order valence-electron chi connectivity index (χ0n) is 12.9. The molecule has 1 aliphatic rings. The van der Waals surface area contributed by atoms with Crippen molar-refractivity contribution in [3.63, 3.8) is 0 Å². The minimum Gasteiger partial charge on any atom is -0.327 e. The monoisotopic (exact) mass is 272 g/mol. The number of hydrogen-bond acceptors (Lipinski definition) is 3. The molecular weight excluding hydrogens is 240 g/mol. The van der Waals surface area contributed by atoms with E-state index in [9.17, 15) is 0 Å². The van der Waals surface area contributed by atoms with E-state index in [-0.39, 0.29) is 0 Å². The van der Waals surface area contributed by atoms with E-state index >= 15 is 0 Å². The van der Waals surface area contributed by atoms with Crippen LogP contribution in [0.25, 0.3) is 0 Å². The largest absolute Gasteiger partial charge is 0.327 e. The van der Waals surface area contributed by atoms with Crippen molar-refractivity contribution in [3.05, 3.63) is 0 Å². The fourth-order valence-corrected chi connectivity index (χ4v) is 3.52. The molecule has 1 fully saturated rings. The highest BCUT2D eigenvalue weighted by Crippen LogP contribution is 2.39. The van der Waals surface area contributed by atoms with Crippen molar-refractivity contribution in [2.45, 2.75) is 46.1 Å². The first-order valence-corrected chi connectivity index (χ1v) is 8.67. The summed E-state index contributed by atoms with van der Waals surface area (Å²) < 4.78 is 0. The lowest BCUT2D eigenvalue weighted by atomic mass is 9.67. The summed E-state index contributed by atoms with van der Waals surface area (Å²) in [6.07, 6.45) is 6.02. The van der Waals surface area contributed by atoms with Gasteiger partial charge in [0.25, 0.3) is 0 Å². The van der Waals surface area contributed by atoms with Gasteiger partial charge >= 0.3 is 0 Å². The van der Waals surface area contributed by atoms with Gasteiger partial charge in [-0.25, -0.2) is 0 Å². The fourth-order valence-electron chi connectivity index (χ4n) is 3.02. The maximum absolute atomic E-state index is 6.33. The van der Waals surface area contributed by atoms with Gasteiger partial charge in [-0.3, -0.25) is 0 Å². The summed E-state index contributed by atoms with van der Waals surface area (Å²) in [5.74, 6) is 2.76. The number of hydrogen-bond donors (Lipinski definition) is 1. The van der Waals surface area contributed by atoms with Crippen LogP contribution in [0.2, 0.25) is 0 Å². The van der Waals surface area contributed by atoms with Crippen LogP contribution in [0.4, 0.5) is 0 Å². The Kier molecular flexibility index (Phi) is 6.49. The zero-order valence-corrected chi connectivity index (χ0v) is 13.7. The fraction of sp³-hybridized carbons (Fsp3) is 1.00.